The normalized spacial score (nSPS) is 28.0. The molecular weight excluding hydrogens is 506 g/mol. The fourth-order valence-electron chi connectivity index (χ4n) is 6.55. The molecule has 1 N–H and O–H groups in total. The molecular formula is C32H38F2N6. The predicted molar refractivity (Wildman–Crippen MR) is 152 cm³/mol. The van der Waals surface area contributed by atoms with E-state index in [1.165, 1.54) is 0 Å². The van der Waals surface area contributed by atoms with Crippen LogP contribution < -0.4 is 5.32 Å². The van der Waals surface area contributed by atoms with Crippen molar-refractivity contribution in [1.82, 2.24) is 20.1 Å². The highest BCUT2D eigenvalue weighted by atomic mass is 19.3. The highest BCUT2D eigenvalue weighted by Crippen LogP contribution is 2.48. The van der Waals surface area contributed by atoms with Gasteiger partial charge in [-0.25, -0.2) is 8.78 Å². The van der Waals surface area contributed by atoms with Gasteiger partial charge in [-0.3, -0.25) is 4.98 Å². The number of benzene rings is 1. The minimum absolute atomic E-state index is 0.0829. The molecule has 6 nitrogen and oxygen atoms in total. The molecule has 2 atom stereocenters. The van der Waals surface area contributed by atoms with Gasteiger partial charge in [0.25, 0.3) is 5.92 Å². The van der Waals surface area contributed by atoms with E-state index in [4.69, 9.17) is 4.98 Å². The number of anilines is 1. The summed E-state index contributed by atoms with van der Waals surface area (Å²) in [6.45, 7) is 5.65. The zero-order valence-corrected chi connectivity index (χ0v) is 23.5. The number of pyridine rings is 1. The Morgan fingerprint density at radius 2 is 1.80 bits per heavy atom. The van der Waals surface area contributed by atoms with Gasteiger partial charge in [0.05, 0.1) is 28.7 Å². The first-order valence-electron chi connectivity index (χ1n) is 14.9. The Morgan fingerprint density at radius 1 is 1.00 bits per heavy atom. The van der Waals surface area contributed by atoms with Gasteiger partial charge in [0.1, 0.15) is 0 Å². The molecule has 210 valence electrons. The summed E-state index contributed by atoms with van der Waals surface area (Å²) in [7, 11) is 0. The summed E-state index contributed by atoms with van der Waals surface area (Å²) >= 11 is 0. The average molecular weight is 545 g/mol. The van der Waals surface area contributed by atoms with Gasteiger partial charge in [0.15, 0.2) is 5.82 Å². The van der Waals surface area contributed by atoms with Gasteiger partial charge in [-0.1, -0.05) is 31.0 Å². The maximum absolute atomic E-state index is 15.8. The molecule has 0 spiro atoms. The first-order chi connectivity index (χ1) is 19.3. The van der Waals surface area contributed by atoms with Gasteiger partial charge in [-0.2, -0.15) is 10.4 Å². The SMILES string of the molecule is CC1CCCCCc2nnc(c3cc(C4(C#N)CC4)cnc23)N[C@H](C)c2cccc(c2)C(F)(F)C2CCN1CC2. The van der Waals surface area contributed by atoms with E-state index in [1.807, 2.05) is 25.3 Å². The highest BCUT2D eigenvalue weighted by Gasteiger charge is 2.45. The maximum Gasteiger partial charge on any atom is 0.276 e. The van der Waals surface area contributed by atoms with Gasteiger partial charge in [-0.15, -0.1) is 5.10 Å². The van der Waals surface area contributed by atoms with E-state index < -0.39 is 17.3 Å². The third kappa shape index (κ3) is 5.05. The minimum atomic E-state index is -2.88. The van der Waals surface area contributed by atoms with Gasteiger partial charge in [0.2, 0.25) is 0 Å². The number of nitrogens with zero attached hydrogens (tertiary/aromatic N) is 5. The second-order valence-electron chi connectivity index (χ2n) is 12.2. The van der Waals surface area contributed by atoms with Crippen LogP contribution in [0.25, 0.3) is 10.9 Å². The van der Waals surface area contributed by atoms with Crippen LogP contribution in [0.4, 0.5) is 14.6 Å². The van der Waals surface area contributed by atoms with Crippen molar-refractivity contribution < 1.29 is 8.78 Å². The molecule has 2 aromatic heterocycles. The molecule has 0 amide bonds. The van der Waals surface area contributed by atoms with E-state index in [2.05, 4.69) is 33.4 Å². The average Bonchev–Trinajstić information content (AvgIpc) is 3.79. The summed E-state index contributed by atoms with van der Waals surface area (Å²) in [5.74, 6) is -2.96. The Labute approximate surface area is 235 Å². The Hall–Kier alpha value is -3.18. The van der Waals surface area contributed by atoms with E-state index in [-0.39, 0.29) is 11.6 Å². The van der Waals surface area contributed by atoms with Crippen molar-refractivity contribution in [3.8, 4) is 6.07 Å². The van der Waals surface area contributed by atoms with Crippen molar-refractivity contribution >= 4 is 16.7 Å². The number of hydrogen-bond acceptors (Lipinski definition) is 6. The molecule has 1 saturated carbocycles. The van der Waals surface area contributed by atoms with Crippen molar-refractivity contribution in [2.75, 3.05) is 18.4 Å². The Morgan fingerprint density at radius 3 is 2.55 bits per heavy atom. The van der Waals surface area contributed by atoms with Crippen LogP contribution in [0.5, 0.6) is 0 Å². The summed E-state index contributed by atoms with van der Waals surface area (Å²) < 4.78 is 31.6. The Kier molecular flexibility index (Phi) is 7.20. The zero-order valence-electron chi connectivity index (χ0n) is 23.5. The van der Waals surface area contributed by atoms with Crippen LogP contribution in [0.3, 0.4) is 0 Å². The van der Waals surface area contributed by atoms with Gasteiger partial charge in [-0.05, 0) is 95.1 Å². The quantitative estimate of drug-likeness (QED) is 0.353. The highest BCUT2D eigenvalue weighted by molar-refractivity contribution is 5.91. The fourth-order valence-corrected chi connectivity index (χ4v) is 6.55. The number of halogens is 2. The lowest BCUT2D eigenvalue weighted by Crippen LogP contribution is -2.43. The van der Waals surface area contributed by atoms with Crippen molar-refractivity contribution in [3.05, 3.63) is 58.9 Å². The van der Waals surface area contributed by atoms with Crippen LogP contribution in [0.2, 0.25) is 0 Å². The maximum atomic E-state index is 15.8. The zero-order chi connectivity index (χ0) is 27.9. The number of piperidine rings is 1. The van der Waals surface area contributed by atoms with Gasteiger partial charge in [0, 0.05) is 29.1 Å². The molecule has 1 aliphatic carbocycles. The molecule has 1 saturated heterocycles. The molecule has 1 unspecified atom stereocenters. The van der Waals surface area contributed by atoms with Crippen molar-refractivity contribution in [3.63, 3.8) is 0 Å². The number of alkyl halides is 2. The molecule has 5 aliphatic heterocycles. The largest absolute Gasteiger partial charge is 0.361 e. The van der Waals surface area contributed by atoms with Crippen molar-refractivity contribution in [2.45, 2.75) is 95.1 Å². The molecule has 6 aliphatic rings. The third-order valence-electron chi connectivity index (χ3n) is 9.53. The standard InChI is InChI=1S/C32H38F2N6/c1-21-7-4-3-5-10-28-29-27(18-26(19-36-29)31(20-35)13-14-31)30(39-38-28)37-22(2)23-8-6-9-25(17-23)32(33,34)24-11-15-40(21)16-12-24/h6,8-9,17-19,21-22,24H,3-5,7,10-16H2,1-2H3,(H,37,39)/t21?,22-/m1/s1. The van der Waals surface area contributed by atoms with E-state index in [0.29, 0.717) is 24.7 Å². The summed E-state index contributed by atoms with van der Waals surface area (Å²) in [5.41, 5.74) is 2.97. The number of aryl methyl sites for hydroxylation is 1. The summed E-state index contributed by atoms with van der Waals surface area (Å²) in [6.07, 6.45) is 9.54. The van der Waals surface area contributed by atoms with E-state index in [9.17, 15) is 5.26 Å². The van der Waals surface area contributed by atoms with Crippen molar-refractivity contribution in [1.29, 1.82) is 5.26 Å². The van der Waals surface area contributed by atoms with Crippen LogP contribution in [-0.2, 0) is 17.8 Å². The Bertz CT molecular complexity index is 1420. The number of aromatic nitrogens is 3. The molecule has 7 heterocycles. The second kappa shape index (κ2) is 10.7. The van der Waals surface area contributed by atoms with Gasteiger partial charge < -0.3 is 10.2 Å². The molecule has 8 heteroatoms. The summed E-state index contributed by atoms with van der Waals surface area (Å²) in [4.78, 5) is 7.20. The lowest BCUT2D eigenvalue weighted by Gasteiger charge is -2.39. The van der Waals surface area contributed by atoms with Crippen LogP contribution in [-0.4, -0.2) is 39.2 Å². The van der Waals surface area contributed by atoms with E-state index >= 15 is 8.78 Å². The molecule has 0 radical (unpaired) electrons. The van der Waals surface area contributed by atoms with E-state index in [0.717, 1.165) is 85.8 Å². The molecule has 1 aromatic carbocycles. The Balaban J connectivity index is 1.38. The molecule has 9 rings (SSSR count). The van der Waals surface area contributed by atoms with Crippen LogP contribution in [0.1, 0.15) is 93.6 Å². The number of hydrogen-bond donors (Lipinski definition) is 1. The first kappa shape index (κ1) is 27.0. The molecule has 2 fully saturated rings. The predicted octanol–water partition coefficient (Wildman–Crippen LogP) is 7.06. The lowest BCUT2D eigenvalue weighted by atomic mass is 9.85. The van der Waals surface area contributed by atoms with Crippen LogP contribution >= 0.6 is 0 Å². The van der Waals surface area contributed by atoms with Crippen molar-refractivity contribution in [2.24, 2.45) is 5.92 Å². The molecule has 6 bridgehead atoms. The fraction of sp³-hybridized carbons (Fsp3) is 0.562. The van der Waals surface area contributed by atoms with Crippen LogP contribution in [0, 0.1) is 17.2 Å². The molecule has 3 aromatic rings. The number of rotatable bonds is 1. The van der Waals surface area contributed by atoms with E-state index in [1.54, 1.807) is 18.2 Å². The van der Waals surface area contributed by atoms with Crippen LogP contribution in [0.15, 0.2) is 36.5 Å². The monoisotopic (exact) mass is 544 g/mol. The number of nitriles is 1. The van der Waals surface area contributed by atoms with Gasteiger partial charge >= 0.3 is 0 Å². The third-order valence-corrected chi connectivity index (χ3v) is 9.53. The topological polar surface area (TPSA) is 77.7 Å². The lowest BCUT2D eigenvalue weighted by molar-refractivity contribution is -0.0883. The first-order valence-corrected chi connectivity index (χ1v) is 14.9. The summed E-state index contributed by atoms with van der Waals surface area (Å²) in [5, 5.41) is 23.2. The summed E-state index contributed by atoms with van der Waals surface area (Å²) in [6, 6.07) is 11.4. The second-order valence-corrected chi connectivity index (χ2v) is 12.2. The molecule has 40 heavy (non-hydrogen) atoms. The minimum Gasteiger partial charge on any atom is -0.361 e. The number of nitrogens with one attached hydrogen (secondary N) is 1. The smallest absolute Gasteiger partial charge is 0.276 e.